The summed E-state index contributed by atoms with van der Waals surface area (Å²) in [5.41, 5.74) is 5.26. The molecule has 0 bridgehead atoms. The lowest BCUT2D eigenvalue weighted by Gasteiger charge is -2.01. The first-order valence-electron chi connectivity index (χ1n) is 2.57. The van der Waals surface area contributed by atoms with Crippen LogP contribution in [0.25, 0.3) is 0 Å². The number of rotatable bonds is 3. The topological polar surface area (TPSA) is 63.3 Å². The summed E-state index contributed by atoms with van der Waals surface area (Å²) in [6.45, 7) is 0. The van der Waals surface area contributed by atoms with Crippen molar-refractivity contribution in [2.24, 2.45) is 5.73 Å². The summed E-state index contributed by atoms with van der Waals surface area (Å²) >= 11 is 0. The lowest BCUT2D eigenvalue weighted by molar-refractivity contribution is -0.137. The van der Waals surface area contributed by atoms with E-state index < -0.39 is 12.0 Å². The predicted molar refractivity (Wildman–Crippen MR) is 40.9 cm³/mol. The van der Waals surface area contributed by atoms with Crippen molar-refractivity contribution in [1.29, 1.82) is 0 Å². The van der Waals surface area contributed by atoms with E-state index in [1.807, 2.05) is 0 Å². The Balaban J connectivity index is 0. The minimum Gasteiger partial charge on any atom is -0.481 e. The Morgan fingerprint density at radius 1 is 1.80 bits per heavy atom. The van der Waals surface area contributed by atoms with Gasteiger partial charge in [0.25, 0.3) is 0 Å². The van der Waals surface area contributed by atoms with E-state index in [-0.39, 0.29) is 18.8 Å². The van der Waals surface area contributed by atoms with Gasteiger partial charge in [-0.1, -0.05) is 0 Å². The second kappa shape index (κ2) is 6.40. The molecule has 3 N–H and O–H groups in total. The van der Waals surface area contributed by atoms with Gasteiger partial charge in [-0.2, -0.15) is 0 Å². The Hall–Kier alpha value is -0.720. The van der Waals surface area contributed by atoms with Crippen LogP contribution >= 0.6 is 12.4 Å². The highest BCUT2D eigenvalue weighted by molar-refractivity contribution is 5.85. The largest absolute Gasteiger partial charge is 0.481 e. The first-order chi connectivity index (χ1) is 4.16. The molecule has 0 heterocycles. The van der Waals surface area contributed by atoms with Crippen molar-refractivity contribution in [1.82, 2.24) is 0 Å². The fraction of sp³-hybridized carbons (Fsp3) is 0.500. The number of hydrogen-bond donors (Lipinski definition) is 2. The highest BCUT2D eigenvalue weighted by Crippen LogP contribution is 1.91. The van der Waals surface area contributed by atoms with Gasteiger partial charge in [0.15, 0.2) is 0 Å². The van der Waals surface area contributed by atoms with Crippen LogP contribution in [0.4, 0.5) is 0 Å². The quantitative estimate of drug-likeness (QED) is 0.586. The maximum Gasteiger partial charge on any atom is 0.304 e. The van der Waals surface area contributed by atoms with Crippen LogP contribution in [-0.2, 0) is 4.79 Å². The zero-order chi connectivity index (χ0) is 7.28. The number of nitrogens with two attached hydrogens (primary N) is 1. The van der Waals surface area contributed by atoms with Gasteiger partial charge in [0.1, 0.15) is 0 Å². The molecule has 58 valence electrons. The van der Waals surface area contributed by atoms with Crippen LogP contribution in [0.3, 0.4) is 0 Å². The molecule has 0 spiro atoms. The van der Waals surface area contributed by atoms with E-state index in [9.17, 15) is 4.79 Å². The molecular weight excluding hydrogens is 154 g/mol. The summed E-state index contributed by atoms with van der Waals surface area (Å²) in [5.74, 6) is 1.38. The smallest absolute Gasteiger partial charge is 0.304 e. The van der Waals surface area contributed by atoms with Gasteiger partial charge in [0.2, 0.25) is 0 Å². The molecule has 3 nitrogen and oxygen atoms in total. The summed E-state index contributed by atoms with van der Waals surface area (Å²) < 4.78 is 0. The molecule has 0 aromatic rings. The number of hydrogen-bond acceptors (Lipinski definition) is 2. The molecule has 0 radical (unpaired) electrons. The monoisotopic (exact) mass is 163 g/mol. The van der Waals surface area contributed by atoms with E-state index in [4.69, 9.17) is 17.3 Å². The van der Waals surface area contributed by atoms with E-state index in [0.29, 0.717) is 6.42 Å². The van der Waals surface area contributed by atoms with Gasteiger partial charge in [-0.15, -0.1) is 24.8 Å². The average molecular weight is 164 g/mol. The van der Waals surface area contributed by atoms with Crippen molar-refractivity contribution < 1.29 is 9.90 Å². The maximum absolute atomic E-state index is 9.94. The van der Waals surface area contributed by atoms with Gasteiger partial charge in [0.05, 0.1) is 6.42 Å². The van der Waals surface area contributed by atoms with Crippen molar-refractivity contribution in [3.63, 3.8) is 0 Å². The third-order valence-electron chi connectivity index (χ3n) is 0.817. The molecule has 0 unspecified atom stereocenters. The molecule has 10 heavy (non-hydrogen) atoms. The van der Waals surface area contributed by atoms with Crippen LogP contribution in [0, 0.1) is 12.3 Å². The first-order valence-corrected chi connectivity index (χ1v) is 2.57. The number of carboxylic acids is 1. The number of halogens is 1. The minimum atomic E-state index is -0.905. The average Bonchev–Trinajstić information content (AvgIpc) is 1.63. The summed E-state index contributed by atoms with van der Waals surface area (Å²) in [6, 6.07) is -0.396. The molecule has 0 aromatic heterocycles. The summed E-state index contributed by atoms with van der Waals surface area (Å²) in [4.78, 5) is 9.94. The van der Waals surface area contributed by atoms with Crippen molar-refractivity contribution in [3.8, 4) is 12.3 Å². The van der Waals surface area contributed by atoms with Gasteiger partial charge in [-0.05, 0) is 0 Å². The molecule has 1 atom stereocenters. The fourth-order valence-electron chi connectivity index (χ4n) is 0.448. The highest BCUT2D eigenvalue weighted by atomic mass is 35.5. The molecule has 0 rings (SSSR count). The zero-order valence-corrected chi connectivity index (χ0v) is 6.23. The molecular formula is C6H10ClNO2. The Labute approximate surface area is 66.0 Å². The lowest BCUT2D eigenvalue weighted by atomic mass is 10.2. The molecule has 0 aromatic carbocycles. The van der Waals surface area contributed by atoms with Gasteiger partial charge < -0.3 is 10.8 Å². The third kappa shape index (κ3) is 7.28. The van der Waals surface area contributed by atoms with Crippen LogP contribution in [0.15, 0.2) is 0 Å². The Morgan fingerprint density at radius 2 is 2.30 bits per heavy atom. The normalized spacial score (nSPS) is 10.8. The summed E-state index contributed by atoms with van der Waals surface area (Å²) in [5, 5.41) is 8.16. The van der Waals surface area contributed by atoms with Crippen molar-refractivity contribution >= 4 is 18.4 Å². The number of aliphatic carboxylic acids is 1. The van der Waals surface area contributed by atoms with Crippen LogP contribution in [-0.4, -0.2) is 17.1 Å². The molecule has 4 heteroatoms. The van der Waals surface area contributed by atoms with E-state index >= 15 is 0 Å². The Bertz CT molecular complexity index is 141. The molecule has 0 aliphatic rings. The Morgan fingerprint density at radius 3 is 2.60 bits per heavy atom. The van der Waals surface area contributed by atoms with Gasteiger partial charge in [0, 0.05) is 12.5 Å². The Kier molecular flexibility index (Phi) is 7.68. The van der Waals surface area contributed by atoms with Gasteiger partial charge >= 0.3 is 5.97 Å². The van der Waals surface area contributed by atoms with E-state index in [1.54, 1.807) is 0 Å². The highest BCUT2D eigenvalue weighted by Gasteiger charge is 2.04. The van der Waals surface area contributed by atoms with Crippen LogP contribution in [0.1, 0.15) is 12.8 Å². The van der Waals surface area contributed by atoms with Crippen molar-refractivity contribution in [2.45, 2.75) is 18.9 Å². The minimum absolute atomic E-state index is 0. The molecule has 0 amide bonds. The standard InChI is InChI=1S/C6H9NO2.ClH/c1-2-3-5(7)4-6(8)9;/h1,5H,3-4,7H2,(H,8,9);1H/t5-;/m0./s1. The second-order valence-electron chi connectivity index (χ2n) is 1.77. The van der Waals surface area contributed by atoms with Crippen molar-refractivity contribution in [2.75, 3.05) is 0 Å². The van der Waals surface area contributed by atoms with Crippen LogP contribution < -0.4 is 5.73 Å². The van der Waals surface area contributed by atoms with E-state index in [1.165, 1.54) is 0 Å². The fourth-order valence-corrected chi connectivity index (χ4v) is 0.448. The number of carbonyl (C=O) groups is 1. The molecule has 0 saturated heterocycles. The first kappa shape index (κ1) is 12.0. The van der Waals surface area contributed by atoms with Gasteiger partial charge in [-0.25, -0.2) is 0 Å². The number of carboxylic acid groups (broad SMARTS) is 1. The second-order valence-corrected chi connectivity index (χ2v) is 1.77. The summed E-state index contributed by atoms with van der Waals surface area (Å²) in [7, 11) is 0. The third-order valence-corrected chi connectivity index (χ3v) is 0.817. The zero-order valence-electron chi connectivity index (χ0n) is 5.41. The van der Waals surface area contributed by atoms with Gasteiger partial charge in [-0.3, -0.25) is 4.79 Å². The molecule has 0 fully saturated rings. The number of terminal acetylenes is 1. The van der Waals surface area contributed by atoms with E-state index in [2.05, 4.69) is 5.92 Å². The predicted octanol–water partition coefficient (Wildman–Crippen LogP) is 0.234. The lowest BCUT2D eigenvalue weighted by Crippen LogP contribution is -2.22. The SMILES string of the molecule is C#CC[C@H](N)CC(=O)O.Cl. The van der Waals surface area contributed by atoms with Crippen LogP contribution in [0.2, 0.25) is 0 Å². The van der Waals surface area contributed by atoms with E-state index in [0.717, 1.165) is 0 Å². The van der Waals surface area contributed by atoms with Crippen LogP contribution in [0.5, 0.6) is 0 Å². The molecule has 0 aliphatic carbocycles. The van der Waals surface area contributed by atoms with Crippen molar-refractivity contribution in [3.05, 3.63) is 0 Å². The molecule has 0 saturated carbocycles. The molecule has 0 aliphatic heterocycles. The maximum atomic E-state index is 9.94. The summed E-state index contributed by atoms with van der Waals surface area (Å²) in [6.07, 6.45) is 5.16.